The van der Waals surface area contributed by atoms with Gasteiger partial charge in [-0.25, -0.2) is 4.39 Å². The van der Waals surface area contributed by atoms with Crippen LogP contribution in [0.5, 0.6) is 0 Å². The van der Waals surface area contributed by atoms with Crippen LogP contribution in [0.4, 0.5) is 4.39 Å². The molecule has 0 fully saturated rings. The Labute approximate surface area is 90.7 Å². The van der Waals surface area contributed by atoms with Gasteiger partial charge in [-0.2, -0.15) is 0 Å². The number of halogens is 1. The summed E-state index contributed by atoms with van der Waals surface area (Å²) in [6, 6.07) is 7.66. The zero-order valence-corrected chi connectivity index (χ0v) is 10.1. The van der Waals surface area contributed by atoms with Gasteiger partial charge in [0.15, 0.2) is 0 Å². The number of hydrogen-bond donors (Lipinski definition) is 0. The molecule has 0 unspecified atom stereocenters. The van der Waals surface area contributed by atoms with Gasteiger partial charge < -0.3 is 4.43 Å². The van der Waals surface area contributed by atoms with Crippen LogP contribution in [0, 0.1) is 5.82 Å². The first-order valence-electron chi connectivity index (χ1n) is 5.22. The van der Waals surface area contributed by atoms with Gasteiger partial charge >= 0.3 is 0 Å². The highest BCUT2D eigenvalue weighted by atomic mass is 28.4. The zero-order valence-electron chi connectivity index (χ0n) is 9.09. The van der Waals surface area contributed by atoms with E-state index in [0.29, 0.717) is 0 Å². The highest BCUT2D eigenvalue weighted by molar-refractivity contribution is 6.72. The average molecular weight is 222 g/mol. The van der Waals surface area contributed by atoms with E-state index in [0.717, 1.165) is 23.8 Å². The summed E-state index contributed by atoms with van der Waals surface area (Å²) in [5.41, 5.74) is 0.983. The lowest BCUT2D eigenvalue weighted by Crippen LogP contribution is -2.31. The molecule has 80 valence electrons. The van der Waals surface area contributed by atoms with Crippen molar-refractivity contribution in [2.75, 3.05) is 0 Å². The maximum atomic E-state index is 12.8. The Morgan fingerprint density at radius 2 is 1.87 bits per heavy atom. The van der Waals surface area contributed by atoms with E-state index in [4.69, 9.17) is 4.43 Å². The van der Waals surface area contributed by atoms with Crippen LogP contribution in [0.1, 0.15) is 12.0 Å². The molecule has 2 rings (SSSR count). The lowest BCUT2D eigenvalue weighted by molar-refractivity contribution is 0.491. The Balaban J connectivity index is 2.24. The lowest BCUT2D eigenvalue weighted by atomic mass is 10.1. The standard InChI is InChI=1S/C12H15FOSi/c1-15(2)9-3-4-12(14-15)10-5-7-11(13)8-6-10/h4-8H,3,9H2,1-2H3. The van der Waals surface area contributed by atoms with E-state index in [1.807, 2.05) is 0 Å². The fourth-order valence-electron chi connectivity index (χ4n) is 1.73. The van der Waals surface area contributed by atoms with E-state index in [-0.39, 0.29) is 5.82 Å². The number of benzene rings is 1. The third kappa shape index (κ3) is 2.48. The molecule has 0 atom stereocenters. The van der Waals surface area contributed by atoms with E-state index in [9.17, 15) is 4.39 Å². The van der Waals surface area contributed by atoms with Crippen LogP contribution in [0.15, 0.2) is 30.3 Å². The predicted octanol–water partition coefficient (Wildman–Crippen LogP) is 3.79. The van der Waals surface area contributed by atoms with Crippen molar-refractivity contribution >= 4 is 14.1 Å². The molecule has 0 aliphatic carbocycles. The third-order valence-electron chi connectivity index (χ3n) is 2.59. The summed E-state index contributed by atoms with van der Waals surface area (Å²) in [6.07, 6.45) is 3.18. The molecule has 0 amide bonds. The van der Waals surface area contributed by atoms with Crippen molar-refractivity contribution in [1.82, 2.24) is 0 Å². The molecule has 0 aromatic heterocycles. The minimum atomic E-state index is -1.51. The number of hydrogen-bond acceptors (Lipinski definition) is 1. The normalized spacial score (nSPS) is 19.3. The van der Waals surface area contributed by atoms with Crippen LogP contribution in [0.2, 0.25) is 19.1 Å². The highest BCUT2D eigenvalue weighted by Gasteiger charge is 2.28. The van der Waals surface area contributed by atoms with Gasteiger partial charge in [-0.05, 0) is 55.9 Å². The summed E-state index contributed by atoms with van der Waals surface area (Å²) in [6.45, 7) is 4.42. The second-order valence-electron chi connectivity index (χ2n) is 4.48. The summed E-state index contributed by atoms with van der Waals surface area (Å²) in [5.74, 6) is 0.726. The maximum absolute atomic E-state index is 12.8. The van der Waals surface area contributed by atoms with Crippen molar-refractivity contribution in [3.63, 3.8) is 0 Å². The SMILES string of the molecule is C[Si]1(C)CCC=C(c2ccc(F)cc2)O1. The fourth-order valence-corrected chi connectivity index (χ4v) is 3.47. The van der Waals surface area contributed by atoms with Gasteiger partial charge in [0, 0.05) is 5.56 Å². The van der Waals surface area contributed by atoms with Crippen molar-refractivity contribution in [3.05, 3.63) is 41.7 Å². The van der Waals surface area contributed by atoms with Crippen molar-refractivity contribution in [3.8, 4) is 0 Å². The molecule has 15 heavy (non-hydrogen) atoms. The van der Waals surface area contributed by atoms with Crippen molar-refractivity contribution < 1.29 is 8.82 Å². The molecular formula is C12H15FOSi. The topological polar surface area (TPSA) is 9.23 Å². The Hall–Kier alpha value is -1.09. The molecule has 0 spiro atoms. The Kier molecular flexibility index (Phi) is 2.65. The van der Waals surface area contributed by atoms with Gasteiger partial charge in [0.25, 0.3) is 0 Å². The van der Waals surface area contributed by atoms with Crippen LogP contribution in [0.25, 0.3) is 5.76 Å². The molecule has 1 aromatic rings. The van der Waals surface area contributed by atoms with Crippen LogP contribution >= 0.6 is 0 Å². The molecule has 1 aliphatic heterocycles. The molecule has 1 nitrogen and oxygen atoms in total. The van der Waals surface area contributed by atoms with E-state index in [1.165, 1.54) is 12.1 Å². The van der Waals surface area contributed by atoms with Gasteiger partial charge in [-0.3, -0.25) is 0 Å². The molecule has 0 radical (unpaired) electrons. The van der Waals surface area contributed by atoms with Gasteiger partial charge in [0.05, 0.1) is 0 Å². The molecule has 0 saturated carbocycles. The van der Waals surface area contributed by atoms with Crippen LogP contribution in [-0.2, 0) is 4.43 Å². The van der Waals surface area contributed by atoms with E-state index in [1.54, 1.807) is 12.1 Å². The van der Waals surface area contributed by atoms with E-state index in [2.05, 4.69) is 19.2 Å². The Morgan fingerprint density at radius 3 is 2.47 bits per heavy atom. The molecule has 0 saturated heterocycles. The minimum absolute atomic E-state index is 0.202. The van der Waals surface area contributed by atoms with E-state index >= 15 is 0 Å². The molecule has 1 aliphatic rings. The molecule has 1 aromatic carbocycles. The lowest BCUT2D eigenvalue weighted by Gasteiger charge is -2.29. The Bertz CT molecular complexity index is 381. The second kappa shape index (κ2) is 3.81. The summed E-state index contributed by atoms with van der Waals surface area (Å²) in [4.78, 5) is 0. The third-order valence-corrected chi connectivity index (χ3v) is 4.86. The molecule has 0 N–H and O–H groups in total. The summed E-state index contributed by atoms with van der Waals surface area (Å²) >= 11 is 0. The largest absolute Gasteiger partial charge is 0.544 e. The van der Waals surface area contributed by atoms with Crippen LogP contribution < -0.4 is 0 Å². The van der Waals surface area contributed by atoms with Crippen LogP contribution in [-0.4, -0.2) is 8.32 Å². The van der Waals surface area contributed by atoms with Crippen molar-refractivity contribution in [2.45, 2.75) is 25.6 Å². The molecular weight excluding hydrogens is 207 g/mol. The second-order valence-corrected chi connectivity index (χ2v) is 8.70. The summed E-state index contributed by atoms with van der Waals surface area (Å²) in [5, 5.41) is 0. The summed E-state index contributed by atoms with van der Waals surface area (Å²) < 4.78 is 18.7. The number of allylic oxidation sites excluding steroid dienone is 1. The first kappa shape index (κ1) is 10.4. The Morgan fingerprint density at radius 1 is 1.20 bits per heavy atom. The van der Waals surface area contributed by atoms with Gasteiger partial charge in [-0.15, -0.1) is 0 Å². The van der Waals surface area contributed by atoms with Gasteiger partial charge in [0.1, 0.15) is 11.6 Å². The maximum Gasteiger partial charge on any atom is 0.245 e. The molecule has 3 heteroatoms. The highest BCUT2D eigenvalue weighted by Crippen LogP contribution is 2.29. The van der Waals surface area contributed by atoms with Gasteiger partial charge in [0.2, 0.25) is 8.32 Å². The van der Waals surface area contributed by atoms with E-state index < -0.39 is 8.32 Å². The molecule has 1 heterocycles. The first-order chi connectivity index (χ1) is 7.07. The quantitative estimate of drug-likeness (QED) is 0.657. The smallest absolute Gasteiger partial charge is 0.245 e. The van der Waals surface area contributed by atoms with Crippen molar-refractivity contribution in [2.24, 2.45) is 0 Å². The number of rotatable bonds is 1. The zero-order chi connectivity index (χ0) is 10.9. The van der Waals surface area contributed by atoms with Crippen molar-refractivity contribution in [1.29, 1.82) is 0 Å². The minimum Gasteiger partial charge on any atom is -0.544 e. The fraction of sp³-hybridized carbons (Fsp3) is 0.333. The average Bonchev–Trinajstić information content (AvgIpc) is 2.17. The first-order valence-corrected chi connectivity index (χ1v) is 8.33. The van der Waals surface area contributed by atoms with Gasteiger partial charge in [-0.1, -0.05) is 0 Å². The summed E-state index contributed by atoms with van der Waals surface area (Å²) in [7, 11) is -1.51. The monoisotopic (exact) mass is 222 g/mol. The van der Waals surface area contributed by atoms with Crippen LogP contribution in [0.3, 0.4) is 0 Å². The predicted molar refractivity (Wildman–Crippen MR) is 62.4 cm³/mol. The molecule has 0 bridgehead atoms.